The van der Waals surface area contributed by atoms with Crippen molar-refractivity contribution in [3.05, 3.63) is 59.8 Å². The van der Waals surface area contributed by atoms with E-state index < -0.39 is 17.8 Å². The van der Waals surface area contributed by atoms with Crippen molar-refractivity contribution in [2.45, 2.75) is 26.1 Å². The first-order valence-electron chi connectivity index (χ1n) is 12.1. The van der Waals surface area contributed by atoms with Gasteiger partial charge in [-0.05, 0) is 30.2 Å². The number of carbonyl (C=O) groups excluding carboxylic acids is 2. The number of aromatic nitrogens is 5. The highest BCUT2D eigenvalue weighted by molar-refractivity contribution is 5.98. The number of halogens is 3. The molecule has 4 rings (SSSR count). The fourth-order valence-electron chi connectivity index (χ4n) is 4.03. The van der Waals surface area contributed by atoms with E-state index in [-0.39, 0.29) is 41.7 Å². The fourth-order valence-corrected chi connectivity index (χ4v) is 4.03. The molecule has 0 saturated carbocycles. The van der Waals surface area contributed by atoms with E-state index in [9.17, 15) is 22.8 Å². The lowest BCUT2D eigenvalue weighted by Gasteiger charge is -2.13. The number of carbonyl (C=O) groups is 2. The van der Waals surface area contributed by atoms with Crippen molar-refractivity contribution in [1.29, 1.82) is 5.26 Å². The predicted octanol–water partition coefficient (Wildman–Crippen LogP) is 2.25. The van der Waals surface area contributed by atoms with Gasteiger partial charge in [-0.25, -0.2) is 9.97 Å². The second-order valence-electron chi connectivity index (χ2n) is 8.53. The van der Waals surface area contributed by atoms with Gasteiger partial charge in [0, 0.05) is 42.9 Å². The summed E-state index contributed by atoms with van der Waals surface area (Å²) in [6.45, 7) is 1.93. The molecular weight excluding hydrogens is 529 g/mol. The maximum Gasteiger partial charge on any atom is 0.435 e. The van der Waals surface area contributed by atoms with Crippen molar-refractivity contribution in [1.82, 2.24) is 34.8 Å². The monoisotopic (exact) mass is 554 g/mol. The zero-order chi connectivity index (χ0) is 28.9. The lowest BCUT2D eigenvalue weighted by Crippen LogP contribution is -2.39. The topological polar surface area (TPSA) is 168 Å². The summed E-state index contributed by atoms with van der Waals surface area (Å²) in [5.74, 6) is -0.502. The minimum atomic E-state index is -4.74. The molecule has 2 amide bonds. The van der Waals surface area contributed by atoms with Gasteiger partial charge in [-0.15, -0.1) is 0 Å². The molecule has 0 saturated heterocycles. The lowest BCUT2D eigenvalue weighted by molar-refractivity contribution is -0.141. The van der Waals surface area contributed by atoms with Crippen LogP contribution in [-0.2, 0) is 23.9 Å². The summed E-state index contributed by atoms with van der Waals surface area (Å²) in [6, 6.07) is 6.77. The van der Waals surface area contributed by atoms with Gasteiger partial charge < -0.3 is 21.7 Å². The Balaban J connectivity index is 1.60. The smallest absolute Gasteiger partial charge is 0.353 e. The molecule has 5 N–H and O–H groups in total. The molecule has 0 unspecified atom stereocenters. The van der Waals surface area contributed by atoms with Gasteiger partial charge in [-0.2, -0.15) is 23.5 Å². The third-order valence-corrected chi connectivity index (χ3v) is 5.84. The van der Waals surface area contributed by atoms with E-state index >= 15 is 0 Å². The number of hydrogen-bond acceptors (Lipinski definition) is 8. The molecule has 3 heterocycles. The second kappa shape index (κ2) is 11.8. The highest BCUT2D eigenvalue weighted by Crippen LogP contribution is 2.37. The molecule has 15 heteroatoms. The number of nitriles is 1. The molecule has 0 aliphatic rings. The minimum absolute atomic E-state index is 0.119. The highest BCUT2D eigenvalue weighted by Gasteiger charge is 2.38. The Morgan fingerprint density at radius 1 is 1.20 bits per heavy atom. The Morgan fingerprint density at radius 2 is 2.00 bits per heavy atom. The van der Waals surface area contributed by atoms with E-state index in [0.717, 1.165) is 10.9 Å². The minimum Gasteiger partial charge on any atom is -0.353 e. The fraction of sp³-hybridized carbons (Fsp3) is 0.280. The molecule has 3 aromatic heterocycles. The van der Waals surface area contributed by atoms with Crippen LogP contribution in [0.4, 0.5) is 24.7 Å². The summed E-state index contributed by atoms with van der Waals surface area (Å²) >= 11 is 0. The molecule has 0 fully saturated rings. The Bertz CT molecular complexity index is 1590. The summed E-state index contributed by atoms with van der Waals surface area (Å²) in [5, 5.41) is 20.7. The van der Waals surface area contributed by atoms with Gasteiger partial charge in [-0.3, -0.25) is 18.7 Å². The van der Waals surface area contributed by atoms with E-state index in [2.05, 4.69) is 31.0 Å². The van der Waals surface area contributed by atoms with Gasteiger partial charge in [0.15, 0.2) is 17.2 Å². The number of alkyl halides is 3. The number of aryl methyl sites for hydroxylation is 1. The number of hydrogen-bond donors (Lipinski definition) is 4. The number of nitrogens with zero attached hydrogens (tertiary/aromatic N) is 6. The summed E-state index contributed by atoms with van der Waals surface area (Å²) in [5.41, 5.74) is 6.02. The molecular formula is C25H25F3N10O2. The number of amides is 2. The predicted molar refractivity (Wildman–Crippen MR) is 138 cm³/mol. The number of fused-ring (bicyclic) bond motifs is 1. The molecule has 40 heavy (non-hydrogen) atoms. The Morgan fingerprint density at radius 3 is 2.70 bits per heavy atom. The first kappa shape index (κ1) is 28.0. The van der Waals surface area contributed by atoms with Gasteiger partial charge in [-0.1, -0.05) is 6.92 Å². The van der Waals surface area contributed by atoms with E-state index in [4.69, 9.17) is 11.0 Å². The molecule has 12 nitrogen and oxygen atoms in total. The summed E-state index contributed by atoms with van der Waals surface area (Å²) in [4.78, 5) is 33.0. The maximum absolute atomic E-state index is 13.7. The van der Waals surface area contributed by atoms with Crippen LogP contribution >= 0.6 is 0 Å². The van der Waals surface area contributed by atoms with E-state index in [0.29, 0.717) is 36.3 Å². The van der Waals surface area contributed by atoms with Gasteiger partial charge in [0.1, 0.15) is 6.54 Å². The average Bonchev–Trinajstić information content (AvgIpc) is 3.55. The molecule has 208 valence electrons. The molecule has 0 bridgehead atoms. The molecule has 0 spiro atoms. The van der Waals surface area contributed by atoms with Crippen molar-refractivity contribution >= 4 is 29.0 Å². The largest absolute Gasteiger partial charge is 0.435 e. The van der Waals surface area contributed by atoms with E-state index in [1.807, 2.05) is 6.92 Å². The van der Waals surface area contributed by atoms with Gasteiger partial charge in [0.2, 0.25) is 5.91 Å². The van der Waals surface area contributed by atoms with Crippen LogP contribution in [-0.4, -0.2) is 55.6 Å². The normalized spacial score (nSPS) is 11.3. The standard InChI is InChI=1S/C25H25F3N10O2/c1-2-15-11-16(3-4-17(15)24(40)34-13-20(39)31-7-5-29)35-22-23-33-12-19(38(23)10-8-32-22)18-14-37(9-6-30)36-21(18)25(26,27)28/h3-4,8,10-12,14H,2,5,7,9,13,29H2,1H3,(H,31,39)(H,32,35)(H,34,40). The van der Waals surface area contributed by atoms with Crippen molar-refractivity contribution < 1.29 is 22.8 Å². The number of rotatable bonds is 10. The van der Waals surface area contributed by atoms with Gasteiger partial charge >= 0.3 is 6.18 Å². The molecule has 0 aliphatic carbocycles. The van der Waals surface area contributed by atoms with Crippen molar-refractivity contribution in [2.75, 3.05) is 25.0 Å². The first-order chi connectivity index (χ1) is 19.2. The van der Waals surface area contributed by atoms with Crippen LogP contribution in [0.25, 0.3) is 16.9 Å². The maximum atomic E-state index is 13.7. The Kier molecular flexibility index (Phi) is 8.29. The number of anilines is 2. The number of nitrogens with one attached hydrogen (secondary N) is 3. The van der Waals surface area contributed by atoms with Crippen LogP contribution in [0.2, 0.25) is 0 Å². The summed E-state index contributed by atoms with van der Waals surface area (Å²) < 4.78 is 43.4. The van der Waals surface area contributed by atoms with E-state index in [1.165, 1.54) is 23.0 Å². The Labute approximate surface area is 226 Å². The molecule has 0 atom stereocenters. The molecule has 0 aliphatic heterocycles. The number of nitrogens with two attached hydrogens (primary N) is 1. The summed E-state index contributed by atoms with van der Waals surface area (Å²) in [7, 11) is 0. The van der Waals surface area contributed by atoms with E-state index in [1.54, 1.807) is 24.3 Å². The molecule has 1 aromatic carbocycles. The zero-order valence-electron chi connectivity index (χ0n) is 21.3. The van der Waals surface area contributed by atoms with Gasteiger partial charge in [0.05, 0.1) is 30.1 Å². The van der Waals surface area contributed by atoms with Crippen LogP contribution < -0.4 is 21.7 Å². The SMILES string of the molecule is CCc1cc(Nc2nccn3c(-c4cn(CC#N)nc4C(F)(F)F)cnc23)ccc1C(=O)NCC(=O)NCCN. The first-order valence-corrected chi connectivity index (χ1v) is 12.1. The van der Waals surface area contributed by atoms with Crippen LogP contribution in [0.15, 0.2) is 43.0 Å². The molecule has 4 aromatic rings. The van der Waals surface area contributed by atoms with Crippen molar-refractivity contribution in [2.24, 2.45) is 5.73 Å². The average molecular weight is 555 g/mol. The lowest BCUT2D eigenvalue weighted by atomic mass is 10.0. The number of imidazole rings is 1. The second-order valence-corrected chi connectivity index (χ2v) is 8.53. The van der Waals surface area contributed by atoms with Crippen molar-refractivity contribution in [3.63, 3.8) is 0 Å². The quantitative estimate of drug-likeness (QED) is 0.231. The zero-order valence-corrected chi connectivity index (χ0v) is 21.3. The summed E-state index contributed by atoms with van der Waals surface area (Å²) in [6.07, 6.45) is 1.08. The third kappa shape index (κ3) is 6.02. The van der Waals surface area contributed by atoms with Crippen molar-refractivity contribution in [3.8, 4) is 17.3 Å². The van der Waals surface area contributed by atoms with Crippen LogP contribution in [0, 0.1) is 11.3 Å². The third-order valence-electron chi connectivity index (χ3n) is 5.84. The van der Waals surface area contributed by atoms with Crippen LogP contribution in [0.1, 0.15) is 28.5 Å². The Hall–Kier alpha value is -4.97. The van der Waals surface area contributed by atoms with Crippen LogP contribution in [0.3, 0.4) is 0 Å². The van der Waals surface area contributed by atoms with Crippen LogP contribution in [0.5, 0.6) is 0 Å². The molecule has 0 radical (unpaired) electrons. The van der Waals surface area contributed by atoms with Gasteiger partial charge in [0.25, 0.3) is 5.91 Å². The number of benzene rings is 1. The highest BCUT2D eigenvalue weighted by atomic mass is 19.4.